The molecule has 0 saturated carbocycles. The maximum absolute atomic E-state index is 10.9. The summed E-state index contributed by atoms with van der Waals surface area (Å²) in [7, 11) is 0. The van der Waals surface area contributed by atoms with Crippen LogP contribution in [0, 0.1) is 10.1 Å². The Bertz CT molecular complexity index is 499. The van der Waals surface area contributed by atoms with Crippen LogP contribution in [0.15, 0.2) is 24.3 Å². The first-order valence-corrected chi connectivity index (χ1v) is 7.79. The average Bonchev–Trinajstić information content (AvgIpc) is 2.49. The van der Waals surface area contributed by atoms with Crippen LogP contribution in [-0.4, -0.2) is 46.3 Å². The highest BCUT2D eigenvalue weighted by molar-refractivity contribution is 5.45. The third-order valence-corrected chi connectivity index (χ3v) is 4.29. The first-order chi connectivity index (χ1) is 10.5. The molecule has 2 rings (SSSR count). The molecular weight excluding hydrogens is 284 g/mol. The number of rotatable bonds is 6. The molecule has 1 fully saturated rings. The molecular formula is C16H24N2O4. The zero-order valence-corrected chi connectivity index (χ0v) is 13.1. The van der Waals surface area contributed by atoms with E-state index in [1.807, 2.05) is 0 Å². The Morgan fingerprint density at radius 1 is 1.36 bits per heavy atom. The number of nitro benzene ring substituents is 1. The number of likely N-dealkylation sites (tertiary alicyclic amines) is 1. The molecule has 6 heteroatoms. The third kappa shape index (κ3) is 4.18. The number of nitrogens with zero attached hydrogens (tertiary/aromatic N) is 2. The topological polar surface area (TPSA) is 75.8 Å². The first-order valence-electron chi connectivity index (χ1n) is 7.79. The molecule has 1 N–H and O–H groups in total. The molecule has 3 atom stereocenters. The number of aliphatic hydroxyl groups is 1. The van der Waals surface area contributed by atoms with Gasteiger partial charge in [-0.25, -0.2) is 0 Å². The van der Waals surface area contributed by atoms with Gasteiger partial charge in [-0.1, -0.05) is 18.6 Å². The summed E-state index contributed by atoms with van der Waals surface area (Å²) in [5, 5.41) is 21.1. The largest absolute Gasteiger partial charge is 0.484 e. The van der Waals surface area contributed by atoms with E-state index in [1.54, 1.807) is 18.2 Å². The van der Waals surface area contributed by atoms with Gasteiger partial charge in [-0.05, 0) is 32.8 Å². The van der Waals surface area contributed by atoms with E-state index in [1.165, 1.54) is 12.5 Å². The molecule has 0 unspecified atom stereocenters. The van der Waals surface area contributed by atoms with Gasteiger partial charge in [-0.15, -0.1) is 0 Å². The normalized spacial score (nSPS) is 24.0. The second kappa shape index (κ2) is 7.56. The lowest BCUT2D eigenvalue weighted by Crippen LogP contribution is -2.48. The highest BCUT2D eigenvalue weighted by Crippen LogP contribution is 2.26. The molecule has 0 amide bonds. The van der Waals surface area contributed by atoms with E-state index in [-0.39, 0.29) is 18.0 Å². The Balaban J connectivity index is 1.90. The van der Waals surface area contributed by atoms with Gasteiger partial charge in [0, 0.05) is 24.7 Å². The number of aliphatic hydroxyl groups excluding tert-OH is 1. The van der Waals surface area contributed by atoms with Crippen molar-refractivity contribution in [1.29, 1.82) is 0 Å². The van der Waals surface area contributed by atoms with Gasteiger partial charge in [0.2, 0.25) is 0 Å². The fourth-order valence-electron chi connectivity index (χ4n) is 3.05. The molecule has 1 aromatic carbocycles. The van der Waals surface area contributed by atoms with Crippen LogP contribution in [0.3, 0.4) is 0 Å². The van der Waals surface area contributed by atoms with E-state index < -0.39 is 11.0 Å². The summed E-state index contributed by atoms with van der Waals surface area (Å²) < 4.78 is 5.45. The highest BCUT2D eigenvalue weighted by Gasteiger charge is 2.26. The van der Waals surface area contributed by atoms with Crippen molar-refractivity contribution in [2.75, 3.05) is 13.2 Å². The Hall–Kier alpha value is -1.66. The zero-order chi connectivity index (χ0) is 16.1. The standard InChI is InChI=1S/C16H24N2O4/c1-12-6-5-7-13(2)17(12)10-14(19)11-22-16-9-4-3-8-15(16)18(20)21/h3-4,8-9,12-14,19H,5-7,10-11H2,1-2H3/t12-,13-,14-/m1/s1. The molecule has 0 aliphatic carbocycles. The number of ether oxygens (including phenoxy) is 1. The van der Waals surface area contributed by atoms with Gasteiger partial charge in [0.25, 0.3) is 0 Å². The van der Waals surface area contributed by atoms with Crippen molar-refractivity contribution in [1.82, 2.24) is 4.90 Å². The van der Waals surface area contributed by atoms with Crippen molar-refractivity contribution in [3.05, 3.63) is 34.4 Å². The predicted octanol–water partition coefficient (Wildman–Crippen LogP) is 2.60. The summed E-state index contributed by atoms with van der Waals surface area (Å²) in [6, 6.07) is 7.13. The van der Waals surface area contributed by atoms with Crippen LogP contribution in [-0.2, 0) is 0 Å². The van der Waals surface area contributed by atoms with Crippen LogP contribution in [0.5, 0.6) is 5.75 Å². The van der Waals surface area contributed by atoms with Crippen molar-refractivity contribution in [3.63, 3.8) is 0 Å². The lowest BCUT2D eigenvalue weighted by atomic mass is 9.97. The first kappa shape index (κ1) is 16.7. The van der Waals surface area contributed by atoms with E-state index in [0.717, 1.165) is 12.8 Å². The monoisotopic (exact) mass is 308 g/mol. The molecule has 0 bridgehead atoms. The summed E-state index contributed by atoms with van der Waals surface area (Å²) in [5.41, 5.74) is -0.0746. The van der Waals surface area contributed by atoms with Crippen LogP contribution in [0.1, 0.15) is 33.1 Å². The Morgan fingerprint density at radius 2 is 2.00 bits per heavy atom. The number of β-amino-alcohol motifs (C(OH)–C–C–N with tert-alkyl or cyclic N) is 1. The maximum atomic E-state index is 10.9. The molecule has 6 nitrogen and oxygen atoms in total. The van der Waals surface area contributed by atoms with Crippen LogP contribution < -0.4 is 4.74 Å². The minimum absolute atomic E-state index is 0.0563. The Labute approximate surface area is 130 Å². The molecule has 1 saturated heterocycles. The molecule has 22 heavy (non-hydrogen) atoms. The second-order valence-electron chi connectivity index (χ2n) is 6.02. The smallest absolute Gasteiger partial charge is 0.310 e. The summed E-state index contributed by atoms with van der Waals surface area (Å²) in [4.78, 5) is 12.7. The van der Waals surface area contributed by atoms with Gasteiger partial charge in [0.15, 0.2) is 5.75 Å². The molecule has 1 aromatic rings. The number of nitro groups is 1. The van der Waals surface area contributed by atoms with E-state index in [4.69, 9.17) is 4.74 Å². The summed E-state index contributed by atoms with van der Waals surface area (Å²) in [6.45, 7) is 4.93. The lowest BCUT2D eigenvalue weighted by molar-refractivity contribution is -0.385. The SMILES string of the molecule is C[C@@H]1CCC[C@@H](C)N1C[C@@H](O)COc1ccccc1[N+](=O)[O-]. The lowest BCUT2D eigenvalue weighted by Gasteiger charge is -2.39. The summed E-state index contributed by atoms with van der Waals surface area (Å²) in [6.07, 6.45) is 2.84. The second-order valence-corrected chi connectivity index (χ2v) is 6.02. The van der Waals surface area contributed by atoms with E-state index in [0.29, 0.717) is 18.6 Å². The fourth-order valence-corrected chi connectivity index (χ4v) is 3.05. The van der Waals surface area contributed by atoms with E-state index in [9.17, 15) is 15.2 Å². The molecule has 0 aromatic heterocycles. The molecule has 1 aliphatic rings. The van der Waals surface area contributed by atoms with Gasteiger partial charge >= 0.3 is 5.69 Å². The highest BCUT2D eigenvalue weighted by atomic mass is 16.6. The number of piperidine rings is 1. The number of hydrogen-bond donors (Lipinski definition) is 1. The van der Waals surface area contributed by atoms with Crippen LogP contribution in [0.4, 0.5) is 5.69 Å². The molecule has 122 valence electrons. The quantitative estimate of drug-likeness (QED) is 0.646. The number of para-hydroxylation sites is 2. The van der Waals surface area contributed by atoms with E-state index in [2.05, 4.69) is 18.7 Å². The van der Waals surface area contributed by atoms with Crippen LogP contribution >= 0.6 is 0 Å². The third-order valence-electron chi connectivity index (χ3n) is 4.29. The fraction of sp³-hybridized carbons (Fsp3) is 0.625. The number of hydrogen-bond acceptors (Lipinski definition) is 5. The maximum Gasteiger partial charge on any atom is 0.310 e. The van der Waals surface area contributed by atoms with E-state index >= 15 is 0 Å². The Morgan fingerprint density at radius 3 is 2.64 bits per heavy atom. The minimum atomic E-state index is -0.664. The molecule has 0 radical (unpaired) electrons. The zero-order valence-electron chi connectivity index (χ0n) is 13.1. The van der Waals surface area contributed by atoms with Crippen molar-refractivity contribution >= 4 is 5.69 Å². The molecule has 0 spiro atoms. The molecule has 1 heterocycles. The van der Waals surface area contributed by atoms with Crippen molar-refractivity contribution in [2.24, 2.45) is 0 Å². The van der Waals surface area contributed by atoms with Gasteiger partial charge < -0.3 is 9.84 Å². The minimum Gasteiger partial charge on any atom is -0.484 e. The summed E-state index contributed by atoms with van der Waals surface area (Å²) in [5.74, 6) is 0.200. The summed E-state index contributed by atoms with van der Waals surface area (Å²) >= 11 is 0. The predicted molar refractivity (Wildman–Crippen MR) is 84.1 cm³/mol. The average molecular weight is 308 g/mol. The van der Waals surface area contributed by atoms with Gasteiger partial charge in [0.05, 0.1) is 4.92 Å². The van der Waals surface area contributed by atoms with Gasteiger partial charge in [-0.3, -0.25) is 15.0 Å². The van der Waals surface area contributed by atoms with Gasteiger partial charge in [0.1, 0.15) is 12.7 Å². The molecule has 1 aliphatic heterocycles. The van der Waals surface area contributed by atoms with Crippen molar-refractivity contribution < 1.29 is 14.8 Å². The van der Waals surface area contributed by atoms with Crippen molar-refractivity contribution in [3.8, 4) is 5.75 Å². The van der Waals surface area contributed by atoms with Gasteiger partial charge in [-0.2, -0.15) is 0 Å². The van der Waals surface area contributed by atoms with Crippen molar-refractivity contribution in [2.45, 2.75) is 51.3 Å². The van der Waals surface area contributed by atoms with Crippen LogP contribution in [0.25, 0.3) is 0 Å². The van der Waals surface area contributed by atoms with Crippen LogP contribution in [0.2, 0.25) is 0 Å². The number of benzene rings is 1. The Kier molecular flexibility index (Phi) is 5.74.